The van der Waals surface area contributed by atoms with Gasteiger partial charge in [0.2, 0.25) is 0 Å². The first-order chi connectivity index (χ1) is 13.3. The Labute approximate surface area is 161 Å². The molecule has 0 aliphatic heterocycles. The van der Waals surface area contributed by atoms with E-state index in [2.05, 4.69) is 25.6 Å². The fourth-order valence-electron chi connectivity index (χ4n) is 2.38. The highest BCUT2D eigenvalue weighted by atomic mass is 32.1. The number of aromatic nitrogens is 3. The number of nitrogens with one attached hydrogen (secondary N) is 2. The zero-order chi connectivity index (χ0) is 20.3. The van der Waals surface area contributed by atoms with Crippen LogP contribution in [0.1, 0.15) is 12.6 Å². The zero-order valence-electron chi connectivity index (χ0n) is 14.5. The number of hydrogen-bond acceptors (Lipinski definition) is 6. The third-order valence-electron chi connectivity index (χ3n) is 3.58. The second kappa shape index (κ2) is 7.80. The number of thiazole rings is 1. The molecule has 28 heavy (non-hydrogen) atoms. The monoisotopic (exact) mass is 408 g/mol. The molecule has 3 rings (SSSR count). The van der Waals surface area contributed by atoms with E-state index in [-0.39, 0.29) is 10.8 Å². The maximum Gasteiger partial charge on any atom is 0.434 e. The molecule has 0 aliphatic rings. The third kappa shape index (κ3) is 4.36. The number of nitrogen functional groups attached to an aromatic ring is 1. The lowest BCUT2D eigenvalue weighted by atomic mass is 10.0. The van der Waals surface area contributed by atoms with Gasteiger partial charge in [0, 0.05) is 47.2 Å². The minimum Gasteiger partial charge on any atom is -0.397 e. The van der Waals surface area contributed by atoms with Gasteiger partial charge in [-0.15, -0.1) is 11.3 Å². The first-order valence-electron chi connectivity index (χ1n) is 8.07. The summed E-state index contributed by atoms with van der Waals surface area (Å²) in [5.74, 6) is 0.172. The van der Waals surface area contributed by atoms with Crippen molar-refractivity contribution in [1.29, 1.82) is 0 Å². The van der Waals surface area contributed by atoms with Crippen LogP contribution in [0.2, 0.25) is 0 Å². The van der Waals surface area contributed by atoms with E-state index in [4.69, 9.17) is 5.73 Å². The highest BCUT2D eigenvalue weighted by Crippen LogP contribution is 2.38. The van der Waals surface area contributed by atoms with Gasteiger partial charge in [-0.3, -0.25) is 10.3 Å². The Morgan fingerprint density at radius 1 is 1.21 bits per heavy atom. The quantitative estimate of drug-likeness (QED) is 0.605. The fraction of sp³-hybridized carbons (Fsp3) is 0.176. The maximum atomic E-state index is 13.0. The van der Waals surface area contributed by atoms with Crippen LogP contribution in [-0.2, 0) is 6.18 Å². The largest absolute Gasteiger partial charge is 0.434 e. The van der Waals surface area contributed by atoms with Crippen LogP contribution >= 0.6 is 11.3 Å². The fourth-order valence-corrected chi connectivity index (χ4v) is 3.24. The molecule has 3 heterocycles. The highest BCUT2D eigenvalue weighted by molar-refractivity contribution is 7.13. The van der Waals surface area contributed by atoms with Crippen LogP contribution in [-0.4, -0.2) is 27.5 Å². The van der Waals surface area contributed by atoms with Gasteiger partial charge in [0.15, 0.2) is 5.69 Å². The van der Waals surface area contributed by atoms with Crippen molar-refractivity contribution in [1.82, 2.24) is 20.3 Å². The van der Waals surface area contributed by atoms with Crippen molar-refractivity contribution in [3.8, 4) is 21.7 Å². The molecule has 11 heteroatoms. The van der Waals surface area contributed by atoms with Crippen molar-refractivity contribution in [3.63, 3.8) is 0 Å². The van der Waals surface area contributed by atoms with Crippen LogP contribution in [0.5, 0.6) is 0 Å². The Balaban J connectivity index is 2.09. The van der Waals surface area contributed by atoms with Crippen molar-refractivity contribution >= 4 is 28.9 Å². The summed E-state index contributed by atoms with van der Waals surface area (Å²) in [6.45, 7) is 2.16. The lowest BCUT2D eigenvalue weighted by Crippen LogP contribution is -2.28. The van der Waals surface area contributed by atoms with E-state index in [0.717, 1.165) is 16.7 Å². The van der Waals surface area contributed by atoms with E-state index in [1.807, 2.05) is 0 Å². The molecule has 4 N–H and O–H groups in total. The summed E-state index contributed by atoms with van der Waals surface area (Å²) in [5.41, 5.74) is 6.60. The van der Waals surface area contributed by atoms with Crippen molar-refractivity contribution in [2.75, 3.05) is 17.6 Å². The van der Waals surface area contributed by atoms with E-state index < -0.39 is 17.9 Å². The van der Waals surface area contributed by atoms with Gasteiger partial charge in [-0.1, -0.05) is 0 Å². The van der Waals surface area contributed by atoms with E-state index in [1.54, 1.807) is 13.0 Å². The summed E-state index contributed by atoms with van der Waals surface area (Å²) in [7, 11) is 0. The average Bonchev–Trinajstić information content (AvgIpc) is 3.12. The summed E-state index contributed by atoms with van der Waals surface area (Å²) in [5, 5.41) is 6.16. The Kier molecular flexibility index (Phi) is 5.45. The predicted octanol–water partition coefficient (Wildman–Crippen LogP) is 4.01. The molecule has 0 aliphatic carbocycles. The number of carbonyl (C=O) groups excluding carboxylic acids is 1. The van der Waals surface area contributed by atoms with E-state index >= 15 is 0 Å². The summed E-state index contributed by atoms with van der Waals surface area (Å²) < 4.78 is 38.9. The number of alkyl halides is 3. The second-order valence-corrected chi connectivity index (χ2v) is 6.50. The molecule has 0 bridgehead atoms. The Hall–Kier alpha value is -3.21. The molecule has 0 spiro atoms. The molecule has 0 atom stereocenters. The molecule has 3 aromatic heterocycles. The van der Waals surface area contributed by atoms with Crippen molar-refractivity contribution in [2.45, 2.75) is 13.1 Å². The smallest absolute Gasteiger partial charge is 0.397 e. The number of carbonyl (C=O) groups is 1. The van der Waals surface area contributed by atoms with Gasteiger partial charge in [-0.2, -0.15) is 13.2 Å². The Morgan fingerprint density at radius 3 is 2.64 bits per heavy atom. The average molecular weight is 408 g/mol. The highest BCUT2D eigenvalue weighted by Gasteiger charge is 2.34. The number of urea groups is 1. The SMILES string of the molecule is CCNC(=O)Nc1cc(-c2nc(C(F)(F)F)cs2)c(-c2cncc(N)c2)cn1. The third-order valence-corrected chi connectivity index (χ3v) is 4.45. The Morgan fingerprint density at radius 2 is 2.00 bits per heavy atom. The molecule has 0 unspecified atom stereocenters. The summed E-state index contributed by atoms with van der Waals surface area (Å²) in [4.78, 5) is 23.6. The van der Waals surface area contributed by atoms with E-state index in [0.29, 0.717) is 28.9 Å². The molecule has 2 amide bonds. The predicted molar refractivity (Wildman–Crippen MR) is 101 cm³/mol. The summed E-state index contributed by atoms with van der Waals surface area (Å²) in [6, 6.07) is 2.62. The molecule has 0 fully saturated rings. The normalized spacial score (nSPS) is 11.3. The summed E-state index contributed by atoms with van der Waals surface area (Å²) in [6.07, 6.45) is -0.149. The van der Waals surface area contributed by atoms with Gasteiger partial charge in [0.1, 0.15) is 10.8 Å². The lowest BCUT2D eigenvalue weighted by Gasteiger charge is -2.11. The molecule has 0 radical (unpaired) electrons. The maximum absolute atomic E-state index is 13.0. The van der Waals surface area contributed by atoms with Crippen molar-refractivity contribution in [2.24, 2.45) is 0 Å². The van der Waals surface area contributed by atoms with Gasteiger partial charge >= 0.3 is 12.2 Å². The van der Waals surface area contributed by atoms with Gasteiger partial charge < -0.3 is 11.1 Å². The van der Waals surface area contributed by atoms with Crippen LogP contribution in [0.4, 0.5) is 29.5 Å². The van der Waals surface area contributed by atoms with E-state index in [9.17, 15) is 18.0 Å². The topological polar surface area (TPSA) is 106 Å². The number of halogens is 3. The molecule has 3 aromatic rings. The molecule has 146 valence electrons. The van der Waals surface area contributed by atoms with Crippen LogP contribution < -0.4 is 16.4 Å². The standard InChI is InChI=1S/C17H15F3N6OS/c1-2-23-16(27)26-14-4-11(15-25-13(8-28-15)17(18,19)20)12(7-24-14)9-3-10(21)6-22-5-9/h3-8H,2,21H2,1H3,(H2,23,24,26,27). The molecule has 0 aromatic carbocycles. The van der Waals surface area contributed by atoms with Gasteiger partial charge in [0.25, 0.3) is 0 Å². The number of nitrogens with two attached hydrogens (primary N) is 1. The van der Waals surface area contributed by atoms with Gasteiger partial charge in [-0.05, 0) is 19.1 Å². The molecule has 0 saturated heterocycles. The van der Waals surface area contributed by atoms with Crippen LogP contribution in [0.3, 0.4) is 0 Å². The molecular formula is C17H15F3N6OS. The number of nitrogens with zero attached hydrogens (tertiary/aromatic N) is 3. The number of pyridine rings is 2. The minimum absolute atomic E-state index is 0.131. The van der Waals surface area contributed by atoms with Gasteiger partial charge in [0.05, 0.1) is 5.69 Å². The number of anilines is 2. The lowest BCUT2D eigenvalue weighted by molar-refractivity contribution is -0.140. The first kappa shape index (κ1) is 19.5. The van der Waals surface area contributed by atoms with Crippen LogP contribution in [0.25, 0.3) is 21.7 Å². The van der Waals surface area contributed by atoms with Crippen molar-refractivity contribution in [3.05, 3.63) is 41.8 Å². The number of hydrogen-bond donors (Lipinski definition) is 3. The van der Waals surface area contributed by atoms with Crippen LogP contribution in [0, 0.1) is 0 Å². The first-order valence-corrected chi connectivity index (χ1v) is 8.94. The molecular weight excluding hydrogens is 393 g/mol. The molecule has 0 saturated carbocycles. The number of amides is 2. The Bertz CT molecular complexity index is 1000. The number of rotatable bonds is 4. The summed E-state index contributed by atoms with van der Waals surface area (Å²) >= 11 is 0.842. The molecule has 7 nitrogen and oxygen atoms in total. The van der Waals surface area contributed by atoms with Gasteiger partial charge in [-0.25, -0.2) is 14.8 Å². The minimum atomic E-state index is -4.55. The van der Waals surface area contributed by atoms with E-state index in [1.165, 1.54) is 24.7 Å². The zero-order valence-corrected chi connectivity index (χ0v) is 15.4. The van der Waals surface area contributed by atoms with Crippen LogP contribution in [0.15, 0.2) is 36.1 Å². The van der Waals surface area contributed by atoms with Crippen molar-refractivity contribution < 1.29 is 18.0 Å². The second-order valence-electron chi connectivity index (χ2n) is 5.64.